The second-order valence-electron chi connectivity index (χ2n) is 10.2. The van der Waals surface area contributed by atoms with Crippen molar-refractivity contribution < 1.29 is 23.7 Å². The van der Waals surface area contributed by atoms with Gasteiger partial charge in [-0.1, -0.05) is 13.0 Å². The van der Waals surface area contributed by atoms with Crippen molar-refractivity contribution in [3.63, 3.8) is 0 Å². The van der Waals surface area contributed by atoms with E-state index in [9.17, 15) is 4.79 Å². The first-order valence-corrected chi connectivity index (χ1v) is 11.7. The van der Waals surface area contributed by atoms with Crippen LogP contribution < -0.4 is 14.8 Å². The zero-order chi connectivity index (χ0) is 21.6. The summed E-state index contributed by atoms with van der Waals surface area (Å²) in [4.78, 5) is 12.7. The Kier molecular flexibility index (Phi) is 5.41. The second-order valence-corrected chi connectivity index (χ2v) is 10.2. The fourth-order valence-corrected chi connectivity index (χ4v) is 6.72. The zero-order valence-electron chi connectivity index (χ0n) is 18.9. The summed E-state index contributed by atoms with van der Waals surface area (Å²) >= 11 is 0. The molecule has 5 rings (SSSR count). The number of epoxide rings is 1. The van der Waals surface area contributed by atoms with Crippen LogP contribution in [0.25, 0.3) is 0 Å². The van der Waals surface area contributed by atoms with Gasteiger partial charge in [-0.2, -0.15) is 0 Å². The van der Waals surface area contributed by atoms with Crippen LogP contribution >= 0.6 is 0 Å². The maximum absolute atomic E-state index is 12.7. The third-order valence-corrected chi connectivity index (χ3v) is 8.48. The van der Waals surface area contributed by atoms with Gasteiger partial charge in [-0.25, -0.2) is 0 Å². The number of methoxy groups -OCH3 is 2. The standard InChI is InChI=1S/C25H35NO5/c1-24-8-4-9-25(15-30-25)22(24)12-17-18(23(27)31-21(17)13-24)14-26-10-7-16-5-6-19(28-2)20(11-16)29-3/h5-6,11,17-18,21-22,26H,4,7-10,12-15H2,1-3H3/t17-,18+,21+,22+,24+,25-/m0/s1. The van der Waals surface area contributed by atoms with Crippen LogP contribution in [0.3, 0.4) is 0 Å². The molecule has 4 fully saturated rings. The Morgan fingerprint density at radius 2 is 2.00 bits per heavy atom. The number of ether oxygens (including phenoxy) is 4. The van der Waals surface area contributed by atoms with Gasteiger partial charge in [0, 0.05) is 12.5 Å². The lowest BCUT2D eigenvalue weighted by molar-refractivity contribution is -0.147. The molecule has 2 heterocycles. The molecule has 2 saturated heterocycles. The van der Waals surface area contributed by atoms with E-state index in [1.807, 2.05) is 12.1 Å². The van der Waals surface area contributed by atoms with Gasteiger partial charge in [0.2, 0.25) is 0 Å². The minimum absolute atomic E-state index is 0.0124. The molecular weight excluding hydrogens is 394 g/mol. The zero-order valence-corrected chi connectivity index (χ0v) is 18.9. The fraction of sp³-hybridized carbons (Fsp3) is 0.720. The molecule has 0 unspecified atom stereocenters. The van der Waals surface area contributed by atoms with Crippen LogP contribution in [0, 0.1) is 23.2 Å². The Balaban J connectivity index is 1.18. The lowest BCUT2D eigenvalue weighted by Gasteiger charge is -2.51. The van der Waals surface area contributed by atoms with Crippen LogP contribution in [-0.4, -0.2) is 51.6 Å². The Bertz CT molecular complexity index is 837. The van der Waals surface area contributed by atoms with Crippen molar-refractivity contribution in [2.75, 3.05) is 33.9 Å². The SMILES string of the molecule is COc1ccc(CCNC[C@H]2C(=O)O[C@@H]3C[C@@]4(C)CCC[C@]5(CO5)[C@@H]4C[C@H]32)cc1OC. The van der Waals surface area contributed by atoms with E-state index >= 15 is 0 Å². The summed E-state index contributed by atoms with van der Waals surface area (Å²) in [5.41, 5.74) is 1.54. The molecule has 6 heteroatoms. The van der Waals surface area contributed by atoms with E-state index in [1.165, 1.54) is 24.8 Å². The van der Waals surface area contributed by atoms with Crippen molar-refractivity contribution in [3.05, 3.63) is 23.8 Å². The van der Waals surface area contributed by atoms with E-state index in [0.29, 0.717) is 18.4 Å². The second kappa shape index (κ2) is 7.96. The summed E-state index contributed by atoms with van der Waals surface area (Å²) < 4.78 is 22.6. The highest BCUT2D eigenvalue weighted by Crippen LogP contribution is 2.62. The maximum Gasteiger partial charge on any atom is 0.310 e. The van der Waals surface area contributed by atoms with E-state index in [2.05, 4.69) is 18.3 Å². The number of carbonyl (C=O) groups is 1. The van der Waals surface area contributed by atoms with Crippen molar-refractivity contribution in [2.45, 2.75) is 57.2 Å². The number of benzene rings is 1. The summed E-state index contributed by atoms with van der Waals surface area (Å²) in [7, 11) is 3.30. The van der Waals surface area contributed by atoms with E-state index in [4.69, 9.17) is 18.9 Å². The van der Waals surface area contributed by atoms with Crippen molar-refractivity contribution in [3.8, 4) is 11.5 Å². The predicted molar refractivity (Wildman–Crippen MR) is 116 cm³/mol. The summed E-state index contributed by atoms with van der Waals surface area (Å²) in [5, 5.41) is 3.52. The van der Waals surface area contributed by atoms with Crippen LogP contribution in [0.5, 0.6) is 11.5 Å². The van der Waals surface area contributed by atoms with Crippen LogP contribution in [-0.2, 0) is 20.7 Å². The monoisotopic (exact) mass is 429 g/mol. The average Bonchev–Trinajstić information content (AvgIpc) is 3.46. The largest absolute Gasteiger partial charge is 0.493 e. The summed E-state index contributed by atoms with van der Waals surface area (Å²) in [6.45, 7) is 4.81. The molecule has 2 aliphatic carbocycles. The van der Waals surface area contributed by atoms with Gasteiger partial charge < -0.3 is 24.3 Å². The van der Waals surface area contributed by atoms with Crippen LogP contribution in [0.4, 0.5) is 0 Å². The third-order valence-electron chi connectivity index (χ3n) is 8.48. The van der Waals surface area contributed by atoms with Gasteiger partial charge in [0.1, 0.15) is 6.10 Å². The lowest BCUT2D eigenvalue weighted by Crippen LogP contribution is -2.51. The van der Waals surface area contributed by atoms with Gasteiger partial charge in [0.25, 0.3) is 0 Å². The number of rotatable bonds is 7. The number of carbonyl (C=O) groups excluding carboxylic acids is 1. The topological polar surface area (TPSA) is 69.3 Å². The van der Waals surface area contributed by atoms with Gasteiger partial charge in [-0.05, 0) is 74.1 Å². The first-order valence-electron chi connectivity index (χ1n) is 11.7. The number of nitrogens with one attached hydrogen (secondary N) is 1. The molecule has 6 nitrogen and oxygen atoms in total. The molecule has 1 aromatic carbocycles. The lowest BCUT2D eigenvalue weighted by atomic mass is 9.53. The third kappa shape index (κ3) is 3.72. The Morgan fingerprint density at radius 1 is 1.19 bits per heavy atom. The summed E-state index contributed by atoms with van der Waals surface area (Å²) in [6, 6.07) is 6.01. The van der Waals surface area contributed by atoms with Gasteiger partial charge in [-0.15, -0.1) is 0 Å². The Hall–Kier alpha value is -1.79. The normalized spacial score (nSPS) is 38.4. The molecule has 6 atom stereocenters. The molecule has 4 aliphatic rings. The smallest absolute Gasteiger partial charge is 0.310 e. The molecular formula is C25H35NO5. The Morgan fingerprint density at radius 3 is 2.74 bits per heavy atom. The first-order chi connectivity index (χ1) is 15.0. The van der Waals surface area contributed by atoms with Crippen LogP contribution in [0.15, 0.2) is 18.2 Å². The highest BCUT2D eigenvalue weighted by atomic mass is 16.6. The molecule has 1 spiro atoms. The average molecular weight is 430 g/mol. The molecule has 0 bridgehead atoms. The maximum atomic E-state index is 12.7. The summed E-state index contributed by atoms with van der Waals surface area (Å²) in [5.74, 6) is 2.32. The number of hydrogen-bond acceptors (Lipinski definition) is 6. The molecule has 2 saturated carbocycles. The molecule has 0 aromatic heterocycles. The van der Waals surface area contributed by atoms with Gasteiger partial charge >= 0.3 is 5.97 Å². The number of esters is 1. The predicted octanol–water partition coefficient (Wildman–Crippen LogP) is 3.36. The molecule has 31 heavy (non-hydrogen) atoms. The number of hydrogen-bond donors (Lipinski definition) is 1. The van der Waals surface area contributed by atoms with Crippen LogP contribution in [0.2, 0.25) is 0 Å². The highest BCUT2D eigenvalue weighted by molar-refractivity contribution is 5.75. The first kappa shape index (κ1) is 21.1. The Labute approximate surface area is 185 Å². The molecule has 170 valence electrons. The van der Waals surface area contributed by atoms with Gasteiger partial charge in [0.15, 0.2) is 11.5 Å². The van der Waals surface area contributed by atoms with Crippen molar-refractivity contribution >= 4 is 5.97 Å². The molecule has 0 radical (unpaired) electrons. The van der Waals surface area contributed by atoms with Crippen molar-refractivity contribution in [2.24, 2.45) is 23.2 Å². The van der Waals surface area contributed by atoms with Gasteiger partial charge in [0.05, 0.1) is 32.3 Å². The van der Waals surface area contributed by atoms with Gasteiger partial charge in [-0.3, -0.25) is 4.79 Å². The van der Waals surface area contributed by atoms with Crippen molar-refractivity contribution in [1.82, 2.24) is 5.32 Å². The fourth-order valence-electron chi connectivity index (χ4n) is 6.72. The highest BCUT2D eigenvalue weighted by Gasteiger charge is 2.64. The van der Waals surface area contributed by atoms with E-state index in [0.717, 1.165) is 43.9 Å². The van der Waals surface area contributed by atoms with Crippen LogP contribution in [0.1, 0.15) is 44.6 Å². The molecule has 1 N–H and O–H groups in total. The minimum Gasteiger partial charge on any atom is -0.493 e. The molecule has 1 aromatic rings. The summed E-state index contributed by atoms with van der Waals surface area (Å²) in [6.07, 6.45) is 6.68. The number of fused-ring (bicyclic) bond motifs is 3. The molecule has 0 amide bonds. The van der Waals surface area contributed by atoms with E-state index in [1.54, 1.807) is 14.2 Å². The van der Waals surface area contributed by atoms with E-state index in [-0.39, 0.29) is 29.0 Å². The minimum atomic E-state index is -0.0438. The molecule has 2 aliphatic heterocycles. The van der Waals surface area contributed by atoms with E-state index < -0.39 is 0 Å². The van der Waals surface area contributed by atoms with Crippen molar-refractivity contribution in [1.29, 1.82) is 0 Å². The quantitative estimate of drug-likeness (QED) is 0.407.